The number of amides is 2. The number of nitro groups is 1. The number of nitrogens with zero attached hydrogens (tertiary/aromatic N) is 3. The Hall–Kier alpha value is -2.72. The van der Waals surface area contributed by atoms with Crippen molar-refractivity contribution in [3.63, 3.8) is 0 Å². The van der Waals surface area contributed by atoms with Gasteiger partial charge < -0.3 is 29.8 Å². The molecule has 1 aliphatic heterocycles. The Labute approximate surface area is 126 Å². The minimum atomic E-state index is -1.09. The van der Waals surface area contributed by atoms with Gasteiger partial charge in [0.15, 0.2) is 0 Å². The van der Waals surface area contributed by atoms with Gasteiger partial charge in [0.1, 0.15) is 0 Å². The molecule has 1 heterocycles. The van der Waals surface area contributed by atoms with Gasteiger partial charge >= 0.3 is 18.0 Å². The van der Waals surface area contributed by atoms with E-state index in [1.54, 1.807) is 25.8 Å². The smallest absolute Gasteiger partial charge is 0.448 e. The third-order valence-electron chi connectivity index (χ3n) is 2.65. The second-order valence-corrected chi connectivity index (χ2v) is 4.14. The maximum absolute atomic E-state index is 11.9. The molecule has 0 atom stereocenters. The molecule has 22 heavy (non-hydrogen) atoms. The molecule has 0 aromatic heterocycles. The monoisotopic (exact) mass is 317 g/mol. The third kappa shape index (κ3) is 4.14. The van der Waals surface area contributed by atoms with Gasteiger partial charge in [-0.25, -0.2) is 4.79 Å². The number of hydrogen-bond acceptors (Lipinski definition) is 8. The molecule has 11 nitrogen and oxygen atoms in total. The summed E-state index contributed by atoms with van der Waals surface area (Å²) in [7, 11) is 1.62. The van der Waals surface area contributed by atoms with E-state index in [0.717, 1.165) is 0 Å². The predicted molar refractivity (Wildman–Crippen MR) is 73.7 cm³/mol. The van der Waals surface area contributed by atoms with Crippen molar-refractivity contribution in [2.45, 2.75) is 13.8 Å². The van der Waals surface area contributed by atoms with Crippen molar-refractivity contribution in [1.82, 2.24) is 20.7 Å². The maximum atomic E-state index is 11.9. The van der Waals surface area contributed by atoms with Gasteiger partial charge in [0.05, 0.1) is 13.2 Å². The quantitative estimate of drug-likeness (QED) is 0.550. The summed E-state index contributed by atoms with van der Waals surface area (Å²) in [4.78, 5) is 35.6. The first kappa shape index (κ1) is 17.3. The summed E-state index contributed by atoms with van der Waals surface area (Å²) < 4.78 is 9.38. The van der Waals surface area contributed by atoms with E-state index < -0.39 is 22.9 Å². The van der Waals surface area contributed by atoms with E-state index in [4.69, 9.17) is 4.74 Å². The number of carbonyl (C=O) groups is 2. The molecule has 1 aliphatic rings. The van der Waals surface area contributed by atoms with E-state index in [2.05, 4.69) is 10.1 Å². The maximum Gasteiger partial charge on any atom is 0.532 e. The van der Waals surface area contributed by atoms with Crippen LogP contribution in [0.25, 0.3) is 0 Å². The summed E-state index contributed by atoms with van der Waals surface area (Å²) in [6.45, 7) is 4.13. The lowest BCUT2D eigenvalue weighted by Gasteiger charge is -2.19. The van der Waals surface area contributed by atoms with Crippen LogP contribution in [0.5, 0.6) is 0 Å². The number of hydrogen-bond donors (Lipinski definition) is 2. The summed E-state index contributed by atoms with van der Waals surface area (Å²) in [6, 6.07) is 0. The molecule has 0 bridgehead atoms. The molecule has 2 amide bonds. The molecule has 0 unspecified atom stereocenters. The van der Waals surface area contributed by atoms with E-state index in [0.29, 0.717) is 18.1 Å². The zero-order valence-electron chi connectivity index (χ0n) is 12.6. The lowest BCUT2D eigenvalue weighted by atomic mass is 10.5. The predicted octanol–water partition coefficient (Wildman–Crippen LogP) is 0.0443. The van der Waals surface area contributed by atoms with E-state index in [-0.39, 0.29) is 19.0 Å². The fourth-order valence-corrected chi connectivity index (χ4v) is 1.74. The van der Waals surface area contributed by atoms with Crippen LogP contribution >= 0.6 is 0 Å². The number of rotatable bonds is 4. The Morgan fingerprint density at radius 2 is 2.05 bits per heavy atom. The summed E-state index contributed by atoms with van der Waals surface area (Å²) >= 11 is 0. The highest BCUT2D eigenvalue weighted by Crippen LogP contribution is 2.15. The van der Waals surface area contributed by atoms with E-state index in [9.17, 15) is 19.7 Å². The Morgan fingerprint density at radius 1 is 1.41 bits per heavy atom. The van der Waals surface area contributed by atoms with Crippen molar-refractivity contribution < 1.29 is 24.0 Å². The van der Waals surface area contributed by atoms with Crippen LogP contribution in [0, 0.1) is 10.1 Å². The highest BCUT2D eigenvalue weighted by atomic mass is 16.6. The van der Waals surface area contributed by atoms with Gasteiger partial charge in [-0.2, -0.15) is 4.79 Å². The average molecular weight is 317 g/mol. The molecule has 1 fully saturated rings. The Kier molecular flexibility index (Phi) is 6.23. The van der Waals surface area contributed by atoms with Gasteiger partial charge in [-0.15, -0.1) is 5.43 Å². The molecule has 0 aromatic rings. The van der Waals surface area contributed by atoms with Gasteiger partial charge in [-0.05, 0) is 23.8 Å². The number of carbonyl (C=O) groups excluding carboxylic acids is 2. The molecular weight excluding hydrogens is 298 g/mol. The molecular formula is C11H19N5O6. The van der Waals surface area contributed by atoms with Crippen LogP contribution in [-0.4, -0.2) is 60.4 Å². The molecule has 1 saturated heterocycles. The molecule has 124 valence electrons. The van der Waals surface area contributed by atoms with Crippen molar-refractivity contribution in [2.24, 2.45) is 0 Å². The third-order valence-corrected chi connectivity index (χ3v) is 2.65. The minimum absolute atomic E-state index is 0.0105. The van der Waals surface area contributed by atoms with E-state index in [1.165, 1.54) is 0 Å². The Morgan fingerprint density at radius 3 is 2.50 bits per heavy atom. The van der Waals surface area contributed by atoms with Gasteiger partial charge in [-0.1, -0.05) is 0 Å². The zero-order valence-corrected chi connectivity index (χ0v) is 12.6. The van der Waals surface area contributed by atoms with Crippen LogP contribution in [0.15, 0.2) is 11.6 Å². The highest BCUT2D eigenvalue weighted by molar-refractivity contribution is 5.75. The Balaban J connectivity index is 3.17. The van der Waals surface area contributed by atoms with Gasteiger partial charge in [0, 0.05) is 20.1 Å². The topological polar surface area (TPSA) is 126 Å². The average Bonchev–Trinajstić information content (AvgIpc) is 2.84. The molecule has 0 aromatic carbocycles. The van der Waals surface area contributed by atoms with Crippen LogP contribution in [0.3, 0.4) is 0 Å². The van der Waals surface area contributed by atoms with Crippen LogP contribution in [0.4, 0.5) is 9.59 Å². The molecule has 0 saturated carbocycles. The SMILES string of the molecule is CCOC(=O)NN(C(=O)OCC)/C(=C1\NCCN1C)[N+](=O)[O-]. The first-order valence-electron chi connectivity index (χ1n) is 6.66. The number of nitrogens with one attached hydrogen (secondary N) is 2. The molecule has 0 aliphatic carbocycles. The lowest BCUT2D eigenvalue weighted by molar-refractivity contribution is -0.447. The van der Waals surface area contributed by atoms with Crippen LogP contribution in [0.2, 0.25) is 0 Å². The van der Waals surface area contributed by atoms with Crippen LogP contribution in [0.1, 0.15) is 13.8 Å². The van der Waals surface area contributed by atoms with E-state index in [1.807, 2.05) is 5.43 Å². The summed E-state index contributed by atoms with van der Waals surface area (Å²) in [5.74, 6) is -0.554. The lowest BCUT2D eigenvalue weighted by Crippen LogP contribution is -2.49. The second-order valence-electron chi connectivity index (χ2n) is 4.14. The molecule has 1 rings (SSSR count). The molecule has 0 spiro atoms. The second kappa shape index (κ2) is 7.90. The normalized spacial score (nSPS) is 15.7. The van der Waals surface area contributed by atoms with Gasteiger partial charge in [0.25, 0.3) is 0 Å². The molecule has 11 heteroatoms. The Bertz CT molecular complexity index is 480. The van der Waals surface area contributed by atoms with Crippen molar-refractivity contribution in [3.8, 4) is 0 Å². The molecule has 2 N–H and O–H groups in total. The first-order valence-corrected chi connectivity index (χ1v) is 6.66. The van der Waals surface area contributed by atoms with Gasteiger partial charge in [-0.3, -0.25) is 0 Å². The summed E-state index contributed by atoms with van der Waals surface area (Å²) in [5, 5.41) is 14.6. The fourth-order valence-electron chi connectivity index (χ4n) is 1.74. The van der Waals surface area contributed by atoms with Crippen LogP contribution < -0.4 is 10.7 Å². The number of ether oxygens (including phenoxy) is 2. The summed E-state index contributed by atoms with van der Waals surface area (Å²) in [6.07, 6.45) is -2.09. The minimum Gasteiger partial charge on any atom is -0.448 e. The highest BCUT2D eigenvalue weighted by Gasteiger charge is 2.39. The number of hydrazine groups is 1. The fraction of sp³-hybridized carbons (Fsp3) is 0.636. The van der Waals surface area contributed by atoms with Crippen molar-refractivity contribution >= 4 is 12.2 Å². The molecule has 0 radical (unpaired) electrons. The van der Waals surface area contributed by atoms with Crippen LogP contribution in [-0.2, 0) is 9.47 Å². The van der Waals surface area contributed by atoms with Crippen molar-refractivity contribution in [3.05, 3.63) is 21.8 Å². The van der Waals surface area contributed by atoms with Crippen molar-refractivity contribution in [1.29, 1.82) is 0 Å². The van der Waals surface area contributed by atoms with E-state index >= 15 is 0 Å². The standard InChI is InChI=1S/C11H19N5O6/c1-4-21-10(17)13-15(11(18)22-5-2)9(16(19)20)8-12-6-7-14(8)3/h12H,4-7H2,1-3H3,(H,13,17)/b9-8-. The number of likely N-dealkylation sites (N-methyl/N-ethyl adjacent to an activating group) is 1. The summed E-state index contributed by atoms with van der Waals surface area (Å²) in [5.41, 5.74) is 2.01. The largest absolute Gasteiger partial charge is 0.532 e. The van der Waals surface area contributed by atoms with Gasteiger partial charge in [0.2, 0.25) is 5.82 Å². The first-order chi connectivity index (χ1) is 10.4. The zero-order chi connectivity index (χ0) is 16.7. The van der Waals surface area contributed by atoms with Crippen molar-refractivity contribution in [2.75, 3.05) is 33.4 Å².